The fourth-order valence-corrected chi connectivity index (χ4v) is 2.00. The van der Waals surface area contributed by atoms with Crippen molar-refractivity contribution in [2.24, 2.45) is 16.8 Å². The number of hydrogen-bond acceptors (Lipinski definition) is 2. The number of rotatable bonds is 1. The molecule has 1 saturated carbocycles. The smallest absolute Gasteiger partial charge is 0.211 e. The average Bonchev–Trinajstić information content (AvgIpc) is 2.48. The van der Waals surface area contributed by atoms with Crippen molar-refractivity contribution in [3.05, 3.63) is 11.8 Å². The summed E-state index contributed by atoms with van der Waals surface area (Å²) >= 11 is 0. The highest BCUT2D eigenvalue weighted by Gasteiger charge is 2.32. The van der Waals surface area contributed by atoms with Crippen LogP contribution in [-0.2, 0) is 4.79 Å². The first kappa shape index (κ1) is 5.87. The lowest BCUT2D eigenvalue weighted by molar-refractivity contribution is 0.561. The molecule has 0 aromatic carbocycles. The van der Waals surface area contributed by atoms with Crippen molar-refractivity contribution < 1.29 is 4.79 Å². The fourth-order valence-electron chi connectivity index (χ4n) is 2.00. The molecule has 0 aliphatic heterocycles. The molecule has 0 aromatic rings. The number of fused-ring (bicyclic) bond motifs is 2. The van der Waals surface area contributed by atoms with E-state index >= 15 is 0 Å². The number of isocyanates is 1. The zero-order chi connectivity index (χ0) is 6.97. The monoisotopic (exact) mass is 135 g/mol. The van der Waals surface area contributed by atoms with Gasteiger partial charge in [0.25, 0.3) is 0 Å². The minimum absolute atomic E-state index is 0.589. The average molecular weight is 135 g/mol. The van der Waals surface area contributed by atoms with Gasteiger partial charge in [-0.15, -0.1) is 0 Å². The van der Waals surface area contributed by atoms with Gasteiger partial charge in [0.05, 0.1) is 5.70 Å². The van der Waals surface area contributed by atoms with E-state index in [1.54, 1.807) is 6.08 Å². The fraction of sp³-hybridized carbons (Fsp3) is 0.625. The van der Waals surface area contributed by atoms with E-state index in [9.17, 15) is 4.79 Å². The molecular weight excluding hydrogens is 126 g/mol. The summed E-state index contributed by atoms with van der Waals surface area (Å²) in [7, 11) is 0. The normalized spacial score (nSPS) is 35.4. The molecule has 0 spiro atoms. The highest BCUT2D eigenvalue weighted by Crippen LogP contribution is 2.43. The van der Waals surface area contributed by atoms with E-state index in [1.165, 1.54) is 19.3 Å². The zero-order valence-corrected chi connectivity index (χ0v) is 5.71. The third-order valence-electron chi connectivity index (χ3n) is 2.47. The van der Waals surface area contributed by atoms with Crippen LogP contribution < -0.4 is 0 Å². The second-order valence-corrected chi connectivity index (χ2v) is 3.06. The number of nitrogens with zero attached hydrogens (tertiary/aromatic N) is 1. The molecule has 2 aliphatic rings. The SMILES string of the molecule is O=C=NC1=CC2CCC1C2. The summed E-state index contributed by atoms with van der Waals surface area (Å²) in [6, 6.07) is 0. The van der Waals surface area contributed by atoms with Crippen LogP contribution in [0, 0.1) is 11.8 Å². The van der Waals surface area contributed by atoms with Gasteiger partial charge in [-0.1, -0.05) is 6.08 Å². The molecule has 2 aliphatic carbocycles. The summed E-state index contributed by atoms with van der Waals surface area (Å²) < 4.78 is 0. The number of aliphatic imine (C=N–C) groups is 1. The first-order valence-electron chi connectivity index (χ1n) is 3.70. The van der Waals surface area contributed by atoms with Gasteiger partial charge in [0.15, 0.2) is 0 Å². The van der Waals surface area contributed by atoms with E-state index in [4.69, 9.17) is 0 Å². The highest BCUT2D eigenvalue weighted by atomic mass is 16.1. The van der Waals surface area contributed by atoms with E-state index in [0.29, 0.717) is 5.92 Å². The molecule has 1 fully saturated rings. The molecule has 2 bridgehead atoms. The Morgan fingerprint density at radius 1 is 1.60 bits per heavy atom. The summed E-state index contributed by atoms with van der Waals surface area (Å²) in [5.74, 6) is 1.31. The zero-order valence-electron chi connectivity index (χ0n) is 5.71. The quantitative estimate of drug-likeness (QED) is 0.397. The van der Waals surface area contributed by atoms with Crippen LogP contribution in [0.4, 0.5) is 0 Å². The van der Waals surface area contributed by atoms with Gasteiger partial charge >= 0.3 is 0 Å². The molecule has 52 valence electrons. The lowest BCUT2D eigenvalue weighted by Gasteiger charge is -2.04. The molecule has 2 rings (SSSR count). The minimum atomic E-state index is 0.589. The van der Waals surface area contributed by atoms with Crippen molar-refractivity contribution in [3.63, 3.8) is 0 Å². The van der Waals surface area contributed by atoms with Crippen molar-refractivity contribution in [3.8, 4) is 0 Å². The van der Waals surface area contributed by atoms with Crippen molar-refractivity contribution in [1.29, 1.82) is 0 Å². The molecule has 2 atom stereocenters. The van der Waals surface area contributed by atoms with Gasteiger partial charge in [0.2, 0.25) is 6.08 Å². The van der Waals surface area contributed by atoms with Gasteiger partial charge in [-0.2, -0.15) is 4.99 Å². The van der Waals surface area contributed by atoms with Crippen LogP contribution in [-0.4, -0.2) is 6.08 Å². The molecule has 2 heteroatoms. The van der Waals surface area contributed by atoms with Crippen LogP contribution in [0.5, 0.6) is 0 Å². The molecule has 0 N–H and O–H groups in total. The van der Waals surface area contributed by atoms with Gasteiger partial charge in [-0.3, -0.25) is 0 Å². The van der Waals surface area contributed by atoms with E-state index < -0.39 is 0 Å². The summed E-state index contributed by atoms with van der Waals surface area (Å²) in [5.41, 5.74) is 0.992. The van der Waals surface area contributed by atoms with Crippen molar-refractivity contribution in [2.75, 3.05) is 0 Å². The van der Waals surface area contributed by atoms with Crippen LogP contribution >= 0.6 is 0 Å². The first-order chi connectivity index (χ1) is 4.90. The van der Waals surface area contributed by atoms with Crippen molar-refractivity contribution in [2.45, 2.75) is 19.3 Å². The summed E-state index contributed by atoms with van der Waals surface area (Å²) in [4.78, 5) is 13.6. The third kappa shape index (κ3) is 0.729. The Hall–Kier alpha value is -0.880. The predicted octanol–water partition coefficient (Wildman–Crippen LogP) is 1.64. The molecule has 10 heavy (non-hydrogen) atoms. The lowest BCUT2D eigenvalue weighted by atomic mass is 10.1. The Labute approximate surface area is 59.6 Å². The molecule has 0 heterocycles. The Morgan fingerprint density at radius 2 is 2.50 bits per heavy atom. The van der Waals surface area contributed by atoms with Crippen LogP contribution in [0.1, 0.15) is 19.3 Å². The summed E-state index contributed by atoms with van der Waals surface area (Å²) in [6.45, 7) is 0. The van der Waals surface area contributed by atoms with Crippen LogP contribution in [0.2, 0.25) is 0 Å². The second kappa shape index (κ2) is 2.06. The van der Waals surface area contributed by atoms with Gasteiger partial charge in [0, 0.05) is 5.92 Å². The van der Waals surface area contributed by atoms with Crippen molar-refractivity contribution >= 4 is 6.08 Å². The topological polar surface area (TPSA) is 29.4 Å². The maximum absolute atomic E-state index is 9.90. The first-order valence-corrected chi connectivity index (χ1v) is 3.70. The Kier molecular flexibility index (Phi) is 1.21. The van der Waals surface area contributed by atoms with E-state index in [2.05, 4.69) is 11.1 Å². The standard InChI is InChI=1S/C8H9NO/c10-5-9-8-4-6-1-2-7(8)3-6/h4,6-7H,1-3H2. The number of hydrogen-bond donors (Lipinski definition) is 0. The molecule has 0 aromatic heterocycles. The highest BCUT2D eigenvalue weighted by molar-refractivity contribution is 5.38. The van der Waals surface area contributed by atoms with Crippen molar-refractivity contribution in [1.82, 2.24) is 0 Å². The Bertz CT molecular complexity index is 225. The maximum atomic E-state index is 9.90. The minimum Gasteiger partial charge on any atom is -0.211 e. The van der Waals surface area contributed by atoms with Crippen LogP contribution in [0.25, 0.3) is 0 Å². The third-order valence-corrected chi connectivity index (χ3v) is 2.47. The molecule has 0 amide bonds. The van der Waals surface area contributed by atoms with Crippen LogP contribution in [0.15, 0.2) is 16.8 Å². The van der Waals surface area contributed by atoms with Crippen LogP contribution in [0.3, 0.4) is 0 Å². The second-order valence-electron chi connectivity index (χ2n) is 3.06. The number of allylic oxidation sites excluding steroid dienone is 2. The predicted molar refractivity (Wildman–Crippen MR) is 37.0 cm³/mol. The molecule has 2 unspecified atom stereocenters. The molecular formula is C8H9NO. The van der Waals surface area contributed by atoms with E-state index in [0.717, 1.165) is 11.6 Å². The van der Waals surface area contributed by atoms with E-state index in [1.807, 2.05) is 0 Å². The number of carbonyl (C=O) groups excluding carboxylic acids is 1. The van der Waals surface area contributed by atoms with E-state index in [-0.39, 0.29) is 0 Å². The maximum Gasteiger partial charge on any atom is 0.240 e. The molecule has 0 radical (unpaired) electrons. The lowest BCUT2D eigenvalue weighted by Crippen LogP contribution is -1.93. The molecule has 0 saturated heterocycles. The van der Waals surface area contributed by atoms with Gasteiger partial charge in [-0.25, -0.2) is 4.79 Å². The van der Waals surface area contributed by atoms with Gasteiger partial charge in [-0.05, 0) is 25.2 Å². The summed E-state index contributed by atoms with van der Waals surface area (Å²) in [5, 5.41) is 0. The Morgan fingerprint density at radius 3 is 3.00 bits per heavy atom. The van der Waals surface area contributed by atoms with Gasteiger partial charge < -0.3 is 0 Å². The summed E-state index contributed by atoms with van der Waals surface area (Å²) in [6.07, 6.45) is 7.47. The Balaban J connectivity index is 2.25. The van der Waals surface area contributed by atoms with Gasteiger partial charge in [0.1, 0.15) is 0 Å². The largest absolute Gasteiger partial charge is 0.240 e. The molecule has 2 nitrogen and oxygen atoms in total.